The van der Waals surface area contributed by atoms with Crippen LogP contribution in [0, 0.1) is 6.92 Å². The van der Waals surface area contributed by atoms with Crippen molar-refractivity contribution >= 4 is 11.9 Å². The second-order valence-corrected chi connectivity index (χ2v) is 4.37. The summed E-state index contributed by atoms with van der Waals surface area (Å²) in [5.74, 6) is -1.60. The minimum atomic E-state index is -1.82. The van der Waals surface area contributed by atoms with Crippen LogP contribution in [0.3, 0.4) is 0 Å². The fraction of sp³-hybridized carbons (Fsp3) is 0.636. The van der Waals surface area contributed by atoms with Crippen molar-refractivity contribution in [1.82, 2.24) is 15.0 Å². The molecule has 0 saturated carbocycles. The van der Waals surface area contributed by atoms with Crippen molar-refractivity contribution in [1.29, 1.82) is 0 Å². The summed E-state index contributed by atoms with van der Waals surface area (Å²) in [5, 5.41) is 18.6. The van der Waals surface area contributed by atoms with Crippen LogP contribution in [-0.4, -0.2) is 57.3 Å². The zero-order chi connectivity index (χ0) is 14.4. The van der Waals surface area contributed by atoms with E-state index in [9.17, 15) is 0 Å². The Morgan fingerprint density at radius 2 is 1.79 bits per heavy atom. The zero-order valence-corrected chi connectivity index (χ0v) is 10.9. The molecule has 1 fully saturated rings. The molecule has 1 aliphatic rings. The molecule has 0 bridgehead atoms. The summed E-state index contributed by atoms with van der Waals surface area (Å²) in [6.45, 7) is 4.13. The molecule has 1 aliphatic heterocycles. The quantitative estimate of drug-likeness (QED) is 0.702. The number of likely N-dealkylation sites (tertiary alicyclic amines) is 1. The van der Waals surface area contributed by atoms with Crippen LogP contribution < -0.4 is 0 Å². The van der Waals surface area contributed by atoms with Crippen LogP contribution >= 0.6 is 0 Å². The fourth-order valence-corrected chi connectivity index (χ4v) is 1.73. The molecule has 0 aliphatic carbocycles. The van der Waals surface area contributed by atoms with E-state index in [2.05, 4.69) is 22.1 Å². The summed E-state index contributed by atoms with van der Waals surface area (Å²) >= 11 is 0. The normalized spacial score (nSPS) is 16.5. The number of piperidine rings is 1. The molecule has 8 heteroatoms. The van der Waals surface area contributed by atoms with E-state index in [1.807, 2.05) is 6.92 Å². The Balaban J connectivity index is 0.000000258. The first kappa shape index (κ1) is 15.1. The molecule has 0 atom stereocenters. The molecule has 2 N–H and O–H groups in total. The maximum Gasteiger partial charge on any atom is 0.414 e. The number of nitrogens with zero attached hydrogens (tertiary/aromatic N) is 3. The molecule has 2 rings (SSSR count). The number of hydrogen-bond acceptors (Lipinski definition) is 6. The van der Waals surface area contributed by atoms with Gasteiger partial charge in [0, 0.05) is 5.92 Å². The molecule has 0 spiro atoms. The summed E-state index contributed by atoms with van der Waals surface area (Å²) in [5.41, 5.74) is 0. The second kappa shape index (κ2) is 6.83. The van der Waals surface area contributed by atoms with Crippen LogP contribution in [-0.2, 0) is 9.59 Å². The van der Waals surface area contributed by atoms with Gasteiger partial charge >= 0.3 is 11.9 Å². The molecular formula is C11H17N3O5. The first-order valence-corrected chi connectivity index (χ1v) is 5.85. The topological polar surface area (TPSA) is 117 Å². The predicted octanol–water partition coefficient (Wildman–Crippen LogP) is 0.343. The SMILES string of the molecule is Cc1noc(C2CCN(C)CC2)n1.O=C(O)C(=O)O. The van der Waals surface area contributed by atoms with E-state index in [1.165, 1.54) is 0 Å². The van der Waals surface area contributed by atoms with E-state index in [1.54, 1.807) is 0 Å². The number of rotatable bonds is 1. The van der Waals surface area contributed by atoms with Gasteiger partial charge in [0.15, 0.2) is 5.82 Å². The number of aliphatic carboxylic acids is 2. The van der Waals surface area contributed by atoms with Crippen molar-refractivity contribution < 1.29 is 24.3 Å². The van der Waals surface area contributed by atoms with Crippen molar-refractivity contribution in [2.45, 2.75) is 25.7 Å². The highest BCUT2D eigenvalue weighted by Crippen LogP contribution is 2.25. The van der Waals surface area contributed by atoms with Crippen LogP contribution in [0.4, 0.5) is 0 Å². The average molecular weight is 271 g/mol. The van der Waals surface area contributed by atoms with Crippen LogP contribution in [0.25, 0.3) is 0 Å². The Kier molecular flexibility index (Phi) is 5.43. The van der Waals surface area contributed by atoms with Gasteiger partial charge in [0.2, 0.25) is 5.89 Å². The molecule has 0 amide bonds. The lowest BCUT2D eigenvalue weighted by Crippen LogP contribution is -2.29. The minimum absolute atomic E-state index is 0.484. The van der Waals surface area contributed by atoms with Crippen LogP contribution in [0.15, 0.2) is 4.52 Å². The van der Waals surface area contributed by atoms with Crippen molar-refractivity contribution in [3.8, 4) is 0 Å². The standard InChI is InChI=1S/C9H15N3O.C2H2O4/c1-7-10-9(13-11-7)8-3-5-12(2)6-4-8;3-1(4)2(5)6/h8H,3-6H2,1-2H3;(H,3,4)(H,5,6). The monoisotopic (exact) mass is 271 g/mol. The Morgan fingerprint density at radius 1 is 1.26 bits per heavy atom. The highest BCUT2D eigenvalue weighted by atomic mass is 16.5. The maximum absolute atomic E-state index is 9.10. The Morgan fingerprint density at radius 3 is 2.16 bits per heavy atom. The molecule has 0 radical (unpaired) electrons. The van der Waals surface area contributed by atoms with Gasteiger partial charge < -0.3 is 19.6 Å². The summed E-state index contributed by atoms with van der Waals surface area (Å²) in [6, 6.07) is 0. The lowest BCUT2D eigenvalue weighted by Gasteiger charge is -2.26. The lowest BCUT2D eigenvalue weighted by molar-refractivity contribution is -0.159. The second-order valence-electron chi connectivity index (χ2n) is 4.37. The van der Waals surface area contributed by atoms with E-state index < -0.39 is 11.9 Å². The molecule has 8 nitrogen and oxygen atoms in total. The van der Waals surface area contributed by atoms with E-state index >= 15 is 0 Å². The van der Waals surface area contributed by atoms with Gasteiger partial charge in [-0.25, -0.2) is 9.59 Å². The largest absolute Gasteiger partial charge is 0.473 e. The molecule has 0 unspecified atom stereocenters. The number of carboxylic acid groups (broad SMARTS) is 2. The molecule has 0 aromatic carbocycles. The summed E-state index contributed by atoms with van der Waals surface area (Å²) in [7, 11) is 2.15. The number of aryl methyl sites for hydroxylation is 1. The van der Waals surface area contributed by atoms with E-state index in [0.29, 0.717) is 5.92 Å². The minimum Gasteiger partial charge on any atom is -0.473 e. The summed E-state index contributed by atoms with van der Waals surface area (Å²) < 4.78 is 5.16. The van der Waals surface area contributed by atoms with Crippen molar-refractivity contribution in [2.24, 2.45) is 0 Å². The lowest BCUT2D eigenvalue weighted by atomic mass is 9.97. The van der Waals surface area contributed by atoms with Crippen LogP contribution in [0.2, 0.25) is 0 Å². The number of aromatic nitrogens is 2. The van der Waals surface area contributed by atoms with Gasteiger partial charge in [0.25, 0.3) is 0 Å². The zero-order valence-electron chi connectivity index (χ0n) is 10.9. The molecule has 19 heavy (non-hydrogen) atoms. The third-order valence-corrected chi connectivity index (χ3v) is 2.79. The molecule has 106 valence electrons. The molecule has 1 aromatic rings. The van der Waals surface area contributed by atoms with Gasteiger partial charge in [-0.05, 0) is 39.9 Å². The number of carboxylic acids is 2. The highest BCUT2D eigenvalue weighted by molar-refractivity contribution is 6.27. The van der Waals surface area contributed by atoms with Crippen molar-refractivity contribution in [3.05, 3.63) is 11.7 Å². The van der Waals surface area contributed by atoms with E-state index in [-0.39, 0.29) is 0 Å². The third kappa shape index (κ3) is 5.04. The molecule has 2 heterocycles. The highest BCUT2D eigenvalue weighted by Gasteiger charge is 2.22. The predicted molar refractivity (Wildman–Crippen MR) is 63.8 cm³/mol. The van der Waals surface area contributed by atoms with Gasteiger partial charge in [-0.15, -0.1) is 0 Å². The molecular weight excluding hydrogens is 254 g/mol. The first-order valence-electron chi connectivity index (χ1n) is 5.85. The maximum atomic E-state index is 9.10. The molecule has 1 saturated heterocycles. The van der Waals surface area contributed by atoms with Crippen LogP contribution in [0.1, 0.15) is 30.5 Å². The van der Waals surface area contributed by atoms with Gasteiger partial charge in [-0.1, -0.05) is 5.16 Å². The summed E-state index contributed by atoms with van der Waals surface area (Å²) in [4.78, 5) is 24.8. The van der Waals surface area contributed by atoms with Gasteiger partial charge in [-0.3, -0.25) is 0 Å². The van der Waals surface area contributed by atoms with Gasteiger partial charge in [-0.2, -0.15) is 4.98 Å². The van der Waals surface area contributed by atoms with E-state index in [4.69, 9.17) is 24.3 Å². The number of carbonyl (C=O) groups is 2. The first-order chi connectivity index (χ1) is 8.90. The van der Waals surface area contributed by atoms with Gasteiger partial charge in [0.05, 0.1) is 0 Å². The van der Waals surface area contributed by atoms with Crippen molar-refractivity contribution in [2.75, 3.05) is 20.1 Å². The number of hydrogen-bond donors (Lipinski definition) is 2. The Bertz CT molecular complexity index is 425. The third-order valence-electron chi connectivity index (χ3n) is 2.79. The van der Waals surface area contributed by atoms with Crippen LogP contribution in [0.5, 0.6) is 0 Å². The Labute approximate surface area is 110 Å². The fourth-order valence-electron chi connectivity index (χ4n) is 1.73. The Hall–Kier alpha value is -1.96. The van der Waals surface area contributed by atoms with Gasteiger partial charge in [0.1, 0.15) is 0 Å². The van der Waals surface area contributed by atoms with E-state index in [0.717, 1.165) is 37.6 Å². The average Bonchev–Trinajstić information content (AvgIpc) is 2.77. The van der Waals surface area contributed by atoms with Crippen molar-refractivity contribution in [3.63, 3.8) is 0 Å². The molecule has 1 aromatic heterocycles. The smallest absolute Gasteiger partial charge is 0.414 e. The summed E-state index contributed by atoms with van der Waals surface area (Å²) in [6.07, 6.45) is 2.27.